The molecule has 0 aliphatic rings. The third-order valence-electron chi connectivity index (χ3n) is 4.54. The molecule has 3 rings (SSSR count). The number of carbonyl (C=O) groups excluding carboxylic acids is 2. The topological polar surface area (TPSA) is 126 Å². The minimum atomic E-state index is -3.56. The van der Waals surface area contributed by atoms with Gasteiger partial charge in [-0.2, -0.15) is 0 Å². The van der Waals surface area contributed by atoms with Crippen LogP contribution in [0.1, 0.15) is 22.6 Å². The molecule has 0 aliphatic heterocycles. The largest absolute Gasteiger partial charge is 0.331 e. The summed E-state index contributed by atoms with van der Waals surface area (Å²) in [4.78, 5) is 32.5. The fourth-order valence-electron chi connectivity index (χ4n) is 2.81. The van der Waals surface area contributed by atoms with Gasteiger partial charge in [-0.3, -0.25) is 25.4 Å². The van der Waals surface area contributed by atoms with E-state index >= 15 is 0 Å². The smallest absolute Gasteiger partial charge is 0.271 e. The number of rotatable bonds is 6. The second kappa shape index (κ2) is 8.59. The number of nitrogens with one attached hydrogen (secondary N) is 2. The molecule has 2 amide bonds. The van der Waals surface area contributed by atoms with Crippen LogP contribution in [0.4, 0.5) is 0 Å². The van der Waals surface area contributed by atoms with Gasteiger partial charge in [0.05, 0.1) is 21.5 Å². The number of imidazole rings is 1. The Morgan fingerprint density at radius 3 is 2.60 bits per heavy atom. The zero-order valence-electron chi connectivity index (χ0n) is 16.8. The first-order valence-electron chi connectivity index (χ1n) is 9.07. The van der Waals surface area contributed by atoms with Crippen molar-refractivity contribution >= 4 is 32.9 Å². The van der Waals surface area contributed by atoms with E-state index in [2.05, 4.69) is 20.8 Å². The van der Waals surface area contributed by atoms with E-state index in [1.807, 2.05) is 4.57 Å². The second-order valence-corrected chi connectivity index (χ2v) is 8.92. The van der Waals surface area contributed by atoms with Crippen molar-refractivity contribution in [2.24, 2.45) is 7.05 Å². The average Bonchev–Trinajstić information content (AvgIpc) is 3.06. The molecule has 11 heteroatoms. The molecule has 0 aliphatic carbocycles. The zero-order valence-corrected chi connectivity index (χ0v) is 17.6. The number of fused-ring (bicyclic) bond motifs is 1. The summed E-state index contributed by atoms with van der Waals surface area (Å²) < 4.78 is 27.6. The molecular formula is C19H22N6O4S. The molecule has 10 nitrogen and oxygen atoms in total. The molecule has 30 heavy (non-hydrogen) atoms. The third-order valence-corrected chi connectivity index (χ3v) is 6.35. The van der Waals surface area contributed by atoms with Crippen molar-refractivity contribution in [2.75, 3.05) is 14.1 Å². The highest BCUT2D eigenvalue weighted by atomic mass is 32.2. The van der Waals surface area contributed by atoms with Gasteiger partial charge in [-0.05, 0) is 30.3 Å². The van der Waals surface area contributed by atoms with Crippen molar-refractivity contribution in [3.05, 3.63) is 54.1 Å². The zero-order chi connectivity index (χ0) is 21.9. The molecule has 0 unspecified atom stereocenters. The van der Waals surface area contributed by atoms with Crippen molar-refractivity contribution < 1.29 is 18.0 Å². The van der Waals surface area contributed by atoms with Crippen LogP contribution in [0, 0.1) is 0 Å². The molecule has 0 saturated carbocycles. The van der Waals surface area contributed by atoms with E-state index in [1.165, 1.54) is 32.4 Å². The summed E-state index contributed by atoms with van der Waals surface area (Å²) in [5, 5.41) is 0. The Hall–Kier alpha value is -3.31. The first-order chi connectivity index (χ1) is 14.2. The average molecular weight is 430 g/mol. The number of carbonyl (C=O) groups is 2. The lowest BCUT2D eigenvalue weighted by atomic mass is 10.3. The van der Waals surface area contributed by atoms with Gasteiger partial charge < -0.3 is 4.57 Å². The van der Waals surface area contributed by atoms with Crippen LogP contribution in [0.15, 0.2) is 47.6 Å². The lowest BCUT2D eigenvalue weighted by molar-refractivity contribution is -0.121. The number of hydrogen-bond donors (Lipinski definition) is 2. The van der Waals surface area contributed by atoms with E-state index in [1.54, 1.807) is 31.4 Å². The molecule has 0 atom stereocenters. The van der Waals surface area contributed by atoms with Gasteiger partial charge in [-0.1, -0.05) is 0 Å². The molecule has 0 saturated heterocycles. The summed E-state index contributed by atoms with van der Waals surface area (Å²) in [6, 6.07) is 7.94. The minimum absolute atomic E-state index is 0.0906. The standard InChI is InChI=1S/C19H22N6O4S/c1-24(2)30(28,29)14-6-7-16-15(11-14)21-17(25(16)3)8-9-18(26)22-23-19(27)13-5-4-10-20-12-13/h4-7,10-12H,8-9H2,1-3H3,(H,22,26)(H,23,27). The monoisotopic (exact) mass is 430 g/mol. The number of amides is 2. The maximum Gasteiger partial charge on any atom is 0.271 e. The maximum atomic E-state index is 12.3. The van der Waals surface area contributed by atoms with E-state index < -0.39 is 15.9 Å². The van der Waals surface area contributed by atoms with Gasteiger partial charge in [0.1, 0.15) is 5.82 Å². The van der Waals surface area contributed by atoms with Crippen molar-refractivity contribution in [3.8, 4) is 0 Å². The molecule has 0 fully saturated rings. The van der Waals surface area contributed by atoms with Crippen molar-refractivity contribution in [2.45, 2.75) is 17.7 Å². The molecule has 2 N–H and O–H groups in total. The molecule has 2 aromatic heterocycles. The number of pyridine rings is 1. The summed E-state index contributed by atoms with van der Waals surface area (Å²) >= 11 is 0. The summed E-state index contributed by atoms with van der Waals surface area (Å²) in [5.74, 6) is -0.220. The van der Waals surface area contributed by atoms with E-state index in [0.29, 0.717) is 23.3 Å². The Labute approximate surface area is 173 Å². The predicted octanol–water partition coefficient (Wildman–Crippen LogP) is 0.612. The van der Waals surface area contributed by atoms with E-state index in [9.17, 15) is 18.0 Å². The van der Waals surface area contributed by atoms with Gasteiger partial charge in [-0.15, -0.1) is 0 Å². The van der Waals surface area contributed by atoms with Crippen LogP contribution >= 0.6 is 0 Å². The maximum absolute atomic E-state index is 12.3. The summed E-state index contributed by atoms with van der Waals surface area (Å²) in [5.41, 5.74) is 6.31. The summed E-state index contributed by atoms with van der Waals surface area (Å²) in [6.07, 6.45) is 3.35. The van der Waals surface area contributed by atoms with E-state index in [0.717, 1.165) is 9.82 Å². The molecular weight excluding hydrogens is 408 g/mol. The lowest BCUT2D eigenvalue weighted by Gasteiger charge is -2.10. The Kier molecular flexibility index (Phi) is 6.13. The van der Waals surface area contributed by atoms with Crippen molar-refractivity contribution in [1.82, 2.24) is 29.7 Å². The van der Waals surface area contributed by atoms with Gasteiger partial charge >= 0.3 is 0 Å². The molecule has 2 heterocycles. The molecule has 158 valence electrons. The highest BCUT2D eigenvalue weighted by Gasteiger charge is 2.19. The van der Waals surface area contributed by atoms with Gasteiger partial charge in [-0.25, -0.2) is 17.7 Å². The number of hydrazine groups is 1. The normalized spacial score (nSPS) is 11.6. The number of sulfonamides is 1. The lowest BCUT2D eigenvalue weighted by Crippen LogP contribution is -2.41. The Balaban J connectivity index is 1.65. The molecule has 1 aromatic carbocycles. The number of aromatic nitrogens is 3. The fourth-order valence-corrected chi connectivity index (χ4v) is 3.73. The SMILES string of the molecule is CN(C)S(=O)(=O)c1ccc2c(c1)nc(CCC(=O)NNC(=O)c1cccnc1)n2C. The van der Waals surface area contributed by atoms with Crippen LogP contribution in [0.25, 0.3) is 11.0 Å². The third kappa shape index (κ3) is 4.47. The van der Waals surface area contributed by atoms with E-state index in [4.69, 9.17) is 0 Å². The number of benzene rings is 1. The number of hydrogen-bond acceptors (Lipinski definition) is 6. The van der Waals surface area contributed by atoms with Crippen molar-refractivity contribution in [3.63, 3.8) is 0 Å². The van der Waals surface area contributed by atoms with Gasteiger partial charge in [0.2, 0.25) is 15.9 Å². The van der Waals surface area contributed by atoms with Crippen LogP contribution < -0.4 is 10.9 Å². The first-order valence-corrected chi connectivity index (χ1v) is 10.5. The molecule has 0 bridgehead atoms. The molecule has 3 aromatic rings. The van der Waals surface area contributed by atoms with Crippen LogP contribution in [-0.2, 0) is 28.3 Å². The van der Waals surface area contributed by atoms with Gasteiger partial charge in [0.15, 0.2) is 0 Å². The molecule has 0 spiro atoms. The summed E-state index contributed by atoms with van der Waals surface area (Å²) in [6.45, 7) is 0. The number of nitrogens with zero attached hydrogens (tertiary/aromatic N) is 4. The van der Waals surface area contributed by atoms with Crippen LogP contribution in [0.5, 0.6) is 0 Å². The van der Waals surface area contributed by atoms with Crippen LogP contribution in [0.3, 0.4) is 0 Å². The van der Waals surface area contributed by atoms with Crippen LogP contribution in [-0.4, -0.2) is 53.2 Å². The quantitative estimate of drug-likeness (QED) is 0.552. The highest BCUT2D eigenvalue weighted by molar-refractivity contribution is 7.89. The Morgan fingerprint density at radius 2 is 1.93 bits per heavy atom. The predicted molar refractivity (Wildman–Crippen MR) is 110 cm³/mol. The fraction of sp³-hybridized carbons (Fsp3) is 0.263. The Bertz CT molecular complexity index is 1190. The minimum Gasteiger partial charge on any atom is -0.331 e. The molecule has 0 radical (unpaired) electrons. The van der Waals surface area contributed by atoms with Crippen molar-refractivity contribution in [1.29, 1.82) is 0 Å². The Morgan fingerprint density at radius 1 is 1.17 bits per heavy atom. The summed E-state index contributed by atoms with van der Waals surface area (Å²) in [7, 11) is 1.17. The van der Waals surface area contributed by atoms with Crippen LogP contribution in [0.2, 0.25) is 0 Å². The first kappa shape index (κ1) is 21.4. The highest BCUT2D eigenvalue weighted by Crippen LogP contribution is 2.21. The van der Waals surface area contributed by atoms with Gasteiger partial charge in [0.25, 0.3) is 5.91 Å². The van der Waals surface area contributed by atoms with E-state index in [-0.39, 0.29) is 17.2 Å². The van der Waals surface area contributed by atoms with Gasteiger partial charge in [0, 0.05) is 46.4 Å². The second-order valence-electron chi connectivity index (χ2n) is 6.77. The number of aryl methyl sites for hydroxylation is 2.